The fourth-order valence-electron chi connectivity index (χ4n) is 5.41. The van der Waals surface area contributed by atoms with Gasteiger partial charge in [-0.2, -0.15) is 0 Å². The lowest BCUT2D eigenvalue weighted by molar-refractivity contribution is -0.148. The molecule has 1 aliphatic heterocycles. The largest absolute Gasteiger partial charge is 0.393 e. The van der Waals surface area contributed by atoms with E-state index in [-0.39, 0.29) is 17.9 Å². The molecule has 0 radical (unpaired) electrons. The topological polar surface area (TPSA) is 46.5 Å². The zero-order valence-corrected chi connectivity index (χ0v) is 11.6. The number of ether oxygens (including phenoxy) is 1. The van der Waals surface area contributed by atoms with Gasteiger partial charge < -0.3 is 14.6 Å². The molecule has 0 aromatic rings. The number of aldehydes is 1. The maximum Gasteiger partial charge on any atom is 0.126 e. The molecule has 1 saturated heterocycles. The van der Waals surface area contributed by atoms with E-state index in [0.717, 1.165) is 19.3 Å². The third-order valence-electron chi connectivity index (χ3n) is 6.45. The van der Waals surface area contributed by atoms with Gasteiger partial charge in [-0.3, -0.25) is 0 Å². The van der Waals surface area contributed by atoms with Gasteiger partial charge in [0, 0.05) is 11.3 Å². The summed E-state index contributed by atoms with van der Waals surface area (Å²) >= 11 is 0. The Kier molecular flexibility index (Phi) is 2.66. The summed E-state index contributed by atoms with van der Waals surface area (Å²) in [5.74, 6) is 1.98. The minimum atomic E-state index is -0.590. The van der Waals surface area contributed by atoms with Crippen molar-refractivity contribution in [1.29, 1.82) is 0 Å². The number of carbonyl (C=O) groups excluding carboxylic acids is 1. The lowest BCUT2D eigenvalue weighted by Crippen LogP contribution is -2.50. The fraction of sp³-hybridized carbons (Fsp3) is 0.933. The summed E-state index contributed by atoms with van der Waals surface area (Å²) in [4.78, 5) is 11.6. The van der Waals surface area contributed by atoms with E-state index in [1.54, 1.807) is 0 Å². The van der Waals surface area contributed by atoms with Crippen LogP contribution in [-0.2, 0) is 9.53 Å². The lowest BCUT2D eigenvalue weighted by Gasteiger charge is -2.42. The van der Waals surface area contributed by atoms with E-state index < -0.39 is 5.60 Å². The van der Waals surface area contributed by atoms with Crippen molar-refractivity contribution < 1.29 is 14.6 Å². The normalized spacial score (nSPS) is 54.1. The Labute approximate surface area is 109 Å². The van der Waals surface area contributed by atoms with Crippen LogP contribution < -0.4 is 0 Å². The summed E-state index contributed by atoms with van der Waals surface area (Å²) in [6, 6.07) is 0. The first-order chi connectivity index (χ1) is 8.52. The SMILES string of the molecule is CC(C)[C@H]1CC[C@]2(C)[C@H]3CO[C@]2(CO)C(C=O)[C@@H]13. The molecule has 1 heterocycles. The van der Waals surface area contributed by atoms with Gasteiger partial charge in [-0.1, -0.05) is 20.8 Å². The second-order valence-electron chi connectivity index (χ2n) is 7.07. The molecule has 3 rings (SSSR count). The summed E-state index contributed by atoms with van der Waals surface area (Å²) in [6.07, 6.45) is 3.33. The highest BCUT2D eigenvalue weighted by atomic mass is 16.5. The van der Waals surface area contributed by atoms with Crippen molar-refractivity contribution in [3.05, 3.63) is 0 Å². The third kappa shape index (κ3) is 1.16. The average molecular weight is 252 g/mol. The predicted octanol–water partition coefficient (Wildman–Crippen LogP) is 1.88. The molecule has 3 heteroatoms. The van der Waals surface area contributed by atoms with Crippen LogP contribution in [0.5, 0.6) is 0 Å². The van der Waals surface area contributed by atoms with Crippen LogP contribution in [0.15, 0.2) is 0 Å². The standard InChI is InChI=1S/C15H24O3/c1-9(2)10-4-5-14(3)12-7-18-15(14,8-17)11(6-16)13(10)12/h6,9-13,17H,4-5,7-8H2,1-3H3/t10-,11?,12+,13-,14-,15-/m1/s1. The minimum absolute atomic E-state index is 0.00336. The van der Waals surface area contributed by atoms with Crippen LogP contribution in [-0.4, -0.2) is 30.2 Å². The number of hydrogen-bond acceptors (Lipinski definition) is 3. The molecule has 0 amide bonds. The van der Waals surface area contributed by atoms with E-state index in [2.05, 4.69) is 20.8 Å². The van der Waals surface area contributed by atoms with Gasteiger partial charge in [0.2, 0.25) is 0 Å². The molecule has 3 fully saturated rings. The van der Waals surface area contributed by atoms with Crippen LogP contribution >= 0.6 is 0 Å². The Hall–Kier alpha value is -0.410. The van der Waals surface area contributed by atoms with Crippen LogP contribution in [0.1, 0.15) is 33.6 Å². The number of carbonyl (C=O) groups is 1. The van der Waals surface area contributed by atoms with Gasteiger partial charge in [0.1, 0.15) is 11.9 Å². The summed E-state index contributed by atoms with van der Waals surface area (Å²) in [5.41, 5.74) is -0.586. The van der Waals surface area contributed by atoms with Crippen LogP contribution in [0.3, 0.4) is 0 Å². The van der Waals surface area contributed by atoms with E-state index in [9.17, 15) is 9.90 Å². The van der Waals surface area contributed by atoms with Gasteiger partial charge in [0.15, 0.2) is 0 Å². The summed E-state index contributed by atoms with van der Waals surface area (Å²) in [6.45, 7) is 7.47. The molecule has 2 saturated carbocycles. The zero-order chi connectivity index (χ0) is 13.1. The van der Waals surface area contributed by atoms with Gasteiger partial charge >= 0.3 is 0 Å². The number of aliphatic hydroxyl groups excluding tert-OH is 1. The van der Waals surface area contributed by atoms with Gasteiger partial charge in [-0.25, -0.2) is 0 Å². The first kappa shape index (κ1) is 12.6. The van der Waals surface area contributed by atoms with Crippen molar-refractivity contribution >= 4 is 6.29 Å². The molecule has 6 atom stereocenters. The molecule has 3 nitrogen and oxygen atoms in total. The van der Waals surface area contributed by atoms with Crippen LogP contribution in [0, 0.1) is 35.0 Å². The molecule has 102 valence electrons. The van der Waals surface area contributed by atoms with Gasteiger partial charge in [-0.05, 0) is 36.5 Å². The Bertz CT molecular complexity index is 367. The Morgan fingerprint density at radius 3 is 2.78 bits per heavy atom. The maximum absolute atomic E-state index is 11.6. The highest BCUT2D eigenvalue weighted by molar-refractivity contribution is 5.60. The van der Waals surface area contributed by atoms with E-state index in [1.807, 2.05) is 0 Å². The minimum Gasteiger partial charge on any atom is -0.393 e. The number of rotatable bonds is 3. The van der Waals surface area contributed by atoms with E-state index >= 15 is 0 Å². The first-order valence-corrected chi connectivity index (χ1v) is 7.22. The van der Waals surface area contributed by atoms with Gasteiger partial charge in [0.05, 0.1) is 13.2 Å². The second-order valence-corrected chi connectivity index (χ2v) is 7.07. The molecule has 2 aliphatic carbocycles. The quantitative estimate of drug-likeness (QED) is 0.780. The van der Waals surface area contributed by atoms with Crippen molar-refractivity contribution in [2.75, 3.05) is 13.2 Å². The molecular formula is C15H24O3. The number of aliphatic hydroxyl groups is 1. The molecule has 18 heavy (non-hydrogen) atoms. The van der Waals surface area contributed by atoms with Crippen molar-refractivity contribution in [2.45, 2.75) is 39.2 Å². The maximum atomic E-state index is 11.6. The van der Waals surface area contributed by atoms with Crippen LogP contribution in [0.4, 0.5) is 0 Å². The first-order valence-electron chi connectivity index (χ1n) is 7.22. The third-order valence-corrected chi connectivity index (χ3v) is 6.45. The summed E-state index contributed by atoms with van der Waals surface area (Å²) in [5, 5.41) is 9.90. The molecule has 1 unspecified atom stereocenters. The summed E-state index contributed by atoms with van der Waals surface area (Å²) < 4.78 is 5.96. The van der Waals surface area contributed by atoms with Crippen molar-refractivity contribution in [2.24, 2.45) is 35.0 Å². The smallest absolute Gasteiger partial charge is 0.126 e. The molecule has 0 aromatic heterocycles. The van der Waals surface area contributed by atoms with Crippen molar-refractivity contribution in [1.82, 2.24) is 0 Å². The van der Waals surface area contributed by atoms with Gasteiger partial charge in [0.25, 0.3) is 0 Å². The Balaban J connectivity index is 2.08. The molecule has 1 N–H and O–H groups in total. The monoisotopic (exact) mass is 252 g/mol. The molecule has 0 spiro atoms. The average Bonchev–Trinajstić information content (AvgIpc) is 2.71. The highest BCUT2D eigenvalue weighted by Crippen LogP contribution is 2.70. The van der Waals surface area contributed by atoms with Crippen molar-refractivity contribution in [3.63, 3.8) is 0 Å². The van der Waals surface area contributed by atoms with E-state index in [4.69, 9.17) is 4.74 Å². The predicted molar refractivity (Wildman–Crippen MR) is 68.0 cm³/mol. The second kappa shape index (κ2) is 3.80. The molecule has 0 aromatic carbocycles. The van der Waals surface area contributed by atoms with E-state index in [0.29, 0.717) is 23.7 Å². The van der Waals surface area contributed by atoms with Crippen molar-refractivity contribution in [3.8, 4) is 0 Å². The molecule has 4 bridgehead atoms. The number of hydrogen-bond donors (Lipinski definition) is 1. The van der Waals surface area contributed by atoms with Crippen LogP contribution in [0.25, 0.3) is 0 Å². The fourth-order valence-corrected chi connectivity index (χ4v) is 5.41. The van der Waals surface area contributed by atoms with Crippen LogP contribution in [0.2, 0.25) is 0 Å². The molecular weight excluding hydrogens is 228 g/mol. The summed E-state index contributed by atoms with van der Waals surface area (Å²) in [7, 11) is 0. The highest BCUT2D eigenvalue weighted by Gasteiger charge is 2.74. The zero-order valence-electron chi connectivity index (χ0n) is 11.6. The molecule has 3 aliphatic rings. The Morgan fingerprint density at radius 1 is 1.50 bits per heavy atom. The lowest BCUT2D eigenvalue weighted by atomic mass is 9.61. The Morgan fingerprint density at radius 2 is 2.22 bits per heavy atom. The van der Waals surface area contributed by atoms with Gasteiger partial charge in [-0.15, -0.1) is 0 Å². The van der Waals surface area contributed by atoms with E-state index in [1.165, 1.54) is 6.42 Å².